The van der Waals surface area contributed by atoms with Crippen molar-refractivity contribution in [2.75, 3.05) is 0 Å². The number of carbonyl (C=O) groups is 3. The summed E-state index contributed by atoms with van der Waals surface area (Å²) in [6, 6.07) is 0. The zero-order valence-electron chi connectivity index (χ0n) is 8.89. The molecular weight excluding hydrogens is 252 g/mol. The Balaban J connectivity index is 0. The Hall–Kier alpha value is -0.876. The average molecular weight is 266 g/mol. The van der Waals surface area contributed by atoms with Gasteiger partial charge in [0.2, 0.25) is 0 Å². The van der Waals surface area contributed by atoms with E-state index < -0.39 is 23.3 Å². The van der Waals surface area contributed by atoms with Gasteiger partial charge in [-0.2, -0.15) is 0 Å². The molecule has 0 saturated heterocycles. The molecule has 0 heterocycles. The normalized spacial score (nSPS) is 10.3. The molecule has 0 aliphatic carbocycles. The summed E-state index contributed by atoms with van der Waals surface area (Å²) in [5.74, 6) is -5.46. The number of carboxylic acid groups (broad SMARTS) is 3. The molecule has 0 aromatic heterocycles. The number of aliphatic carboxylic acids is 3. The van der Waals surface area contributed by atoms with Gasteiger partial charge in [-0.05, 0) is 6.42 Å². The van der Waals surface area contributed by atoms with E-state index in [0.717, 1.165) is 6.42 Å². The van der Waals surface area contributed by atoms with Crippen LogP contribution in [-0.2, 0) is 36.1 Å². The van der Waals surface area contributed by atoms with Gasteiger partial charge in [-0.1, -0.05) is 26.2 Å². The van der Waals surface area contributed by atoms with E-state index in [-0.39, 0.29) is 34.6 Å². The van der Waals surface area contributed by atoms with Crippen LogP contribution in [-0.4, -0.2) is 33.2 Å². The summed E-state index contributed by atoms with van der Waals surface area (Å²) < 4.78 is 0. The van der Waals surface area contributed by atoms with Crippen LogP contribution >= 0.6 is 0 Å². The van der Waals surface area contributed by atoms with Crippen molar-refractivity contribution in [3.05, 3.63) is 0 Å². The first-order valence-electron chi connectivity index (χ1n) is 4.59. The maximum Gasteiger partial charge on any atom is 0.332 e. The summed E-state index contributed by atoms with van der Waals surface area (Å²) in [6.45, 7) is 1.85. The predicted octanol–water partition coefficient (Wildman–Crippen LogP) is 0.804. The Labute approximate surface area is 108 Å². The maximum atomic E-state index is 10.7. The minimum Gasteiger partial charge on any atom is -0.480 e. The van der Waals surface area contributed by atoms with E-state index in [4.69, 9.17) is 15.3 Å². The Morgan fingerprint density at radius 3 is 1.56 bits per heavy atom. The summed E-state index contributed by atoms with van der Waals surface area (Å²) in [5.41, 5.74) is -2.70. The number of carboxylic acids is 3. The van der Waals surface area contributed by atoms with E-state index in [1.54, 1.807) is 0 Å². The first kappa shape index (κ1) is 17.5. The molecule has 0 aromatic carbocycles. The molecular formula is C9H14O6Ti. The van der Waals surface area contributed by atoms with Gasteiger partial charge in [0, 0.05) is 21.7 Å². The van der Waals surface area contributed by atoms with Crippen molar-refractivity contribution in [2.45, 2.75) is 32.6 Å². The number of hydrogen-bond donors (Lipinski definition) is 3. The number of rotatable bonds is 7. The molecule has 0 radical (unpaired) electrons. The molecule has 0 saturated carbocycles. The second-order valence-electron chi connectivity index (χ2n) is 3.28. The molecule has 0 spiro atoms. The Kier molecular flexibility index (Phi) is 8.11. The fourth-order valence-electron chi connectivity index (χ4n) is 1.24. The SMILES string of the molecule is CCCCCC(C(=O)O)(C(=O)O)C(=O)O.[Ti]. The van der Waals surface area contributed by atoms with Gasteiger partial charge < -0.3 is 15.3 Å². The minimum atomic E-state index is -2.70. The molecule has 0 aliphatic heterocycles. The van der Waals surface area contributed by atoms with Crippen LogP contribution in [0.4, 0.5) is 0 Å². The molecule has 0 fully saturated rings. The van der Waals surface area contributed by atoms with Crippen LogP contribution in [0.3, 0.4) is 0 Å². The van der Waals surface area contributed by atoms with Crippen LogP contribution in [0, 0.1) is 5.41 Å². The summed E-state index contributed by atoms with van der Waals surface area (Å²) in [4.78, 5) is 32.2. The minimum absolute atomic E-state index is 0. The Bertz CT molecular complexity index is 239. The third-order valence-corrected chi connectivity index (χ3v) is 2.25. The molecule has 0 rings (SSSR count). The molecule has 0 aromatic rings. The van der Waals surface area contributed by atoms with E-state index in [1.165, 1.54) is 0 Å². The second kappa shape index (κ2) is 7.41. The number of unbranched alkanes of at least 4 members (excludes halogenated alkanes) is 2. The van der Waals surface area contributed by atoms with Gasteiger partial charge in [0.25, 0.3) is 5.41 Å². The molecule has 0 atom stereocenters. The standard InChI is InChI=1S/C9H14O6.Ti/c1-2-3-4-5-9(6(10)11,7(12)13)8(14)15;/h2-5H2,1H3,(H,10,11)(H,12,13)(H,14,15);. The fraction of sp³-hybridized carbons (Fsp3) is 0.667. The van der Waals surface area contributed by atoms with Crippen LogP contribution in [0.15, 0.2) is 0 Å². The summed E-state index contributed by atoms with van der Waals surface area (Å²) in [5, 5.41) is 26.1. The molecule has 0 unspecified atom stereocenters. The van der Waals surface area contributed by atoms with Crippen LogP contribution in [0.5, 0.6) is 0 Å². The Morgan fingerprint density at radius 2 is 1.31 bits per heavy atom. The van der Waals surface area contributed by atoms with E-state index in [2.05, 4.69) is 0 Å². The van der Waals surface area contributed by atoms with E-state index >= 15 is 0 Å². The molecule has 3 N–H and O–H groups in total. The summed E-state index contributed by atoms with van der Waals surface area (Å²) in [7, 11) is 0. The van der Waals surface area contributed by atoms with Gasteiger partial charge in [0.05, 0.1) is 0 Å². The van der Waals surface area contributed by atoms with Crippen molar-refractivity contribution in [2.24, 2.45) is 5.41 Å². The predicted molar refractivity (Wildman–Crippen MR) is 49.5 cm³/mol. The van der Waals surface area contributed by atoms with Crippen molar-refractivity contribution in [1.29, 1.82) is 0 Å². The van der Waals surface area contributed by atoms with E-state index in [9.17, 15) is 14.4 Å². The van der Waals surface area contributed by atoms with E-state index in [0.29, 0.717) is 6.42 Å². The largest absolute Gasteiger partial charge is 0.480 e. The van der Waals surface area contributed by atoms with Gasteiger partial charge in [0.15, 0.2) is 0 Å². The van der Waals surface area contributed by atoms with Crippen molar-refractivity contribution in [3.8, 4) is 0 Å². The van der Waals surface area contributed by atoms with E-state index in [1.807, 2.05) is 6.92 Å². The van der Waals surface area contributed by atoms with Crippen molar-refractivity contribution < 1.29 is 51.4 Å². The molecule has 6 nitrogen and oxygen atoms in total. The monoisotopic (exact) mass is 266 g/mol. The molecule has 90 valence electrons. The molecule has 0 amide bonds. The van der Waals surface area contributed by atoms with Crippen molar-refractivity contribution in [1.82, 2.24) is 0 Å². The van der Waals surface area contributed by atoms with Gasteiger partial charge >= 0.3 is 17.9 Å². The van der Waals surface area contributed by atoms with Gasteiger partial charge in [-0.3, -0.25) is 14.4 Å². The first-order chi connectivity index (χ1) is 6.89. The third kappa shape index (κ3) is 3.61. The van der Waals surface area contributed by atoms with Crippen LogP contribution in [0.2, 0.25) is 0 Å². The van der Waals surface area contributed by atoms with Gasteiger partial charge in [-0.15, -0.1) is 0 Å². The van der Waals surface area contributed by atoms with Crippen molar-refractivity contribution in [3.63, 3.8) is 0 Å². The molecule has 16 heavy (non-hydrogen) atoms. The van der Waals surface area contributed by atoms with Gasteiger partial charge in [0.1, 0.15) is 0 Å². The molecule has 0 bridgehead atoms. The first-order valence-corrected chi connectivity index (χ1v) is 4.59. The molecule has 0 aliphatic rings. The number of hydrogen-bond acceptors (Lipinski definition) is 3. The van der Waals surface area contributed by atoms with Crippen LogP contribution < -0.4 is 0 Å². The third-order valence-electron chi connectivity index (χ3n) is 2.25. The Morgan fingerprint density at radius 1 is 0.938 bits per heavy atom. The molecule has 7 heteroatoms. The zero-order valence-corrected chi connectivity index (χ0v) is 10.5. The van der Waals surface area contributed by atoms with Crippen molar-refractivity contribution >= 4 is 17.9 Å². The summed E-state index contributed by atoms with van der Waals surface area (Å²) in [6.07, 6.45) is 1.24. The van der Waals surface area contributed by atoms with Crippen LogP contribution in [0.25, 0.3) is 0 Å². The summed E-state index contributed by atoms with van der Waals surface area (Å²) >= 11 is 0. The fourth-order valence-corrected chi connectivity index (χ4v) is 1.24. The second-order valence-corrected chi connectivity index (χ2v) is 3.28. The topological polar surface area (TPSA) is 112 Å². The maximum absolute atomic E-state index is 10.7. The van der Waals surface area contributed by atoms with Crippen LogP contribution in [0.1, 0.15) is 32.6 Å². The zero-order chi connectivity index (χ0) is 12.1. The smallest absolute Gasteiger partial charge is 0.332 e. The quantitative estimate of drug-likeness (QED) is 0.357. The average Bonchev–Trinajstić information content (AvgIpc) is 2.10. The van der Waals surface area contributed by atoms with Gasteiger partial charge in [-0.25, -0.2) is 0 Å².